The number of unbranched alkanes of at least 4 members (excludes halogenated alkanes) is 1. The van der Waals surface area contributed by atoms with E-state index in [4.69, 9.17) is 48.4 Å². The van der Waals surface area contributed by atoms with Crippen LogP contribution in [0.25, 0.3) is 0 Å². The summed E-state index contributed by atoms with van der Waals surface area (Å²) in [7, 11) is 0. The number of nitrogens with two attached hydrogens (primary N) is 1. The summed E-state index contributed by atoms with van der Waals surface area (Å²) in [6, 6.07) is 7.39. The molecular weight excluding hydrogens is 470 g/mol. The monoisotopic (exact) mass is 517 g/mol. The summed E-state index contributed by atoms with van der Waals surface area (Å²) in [5, 5.41) is 0. The highest BCUT2D eigenvalue weighted by atomic mass is 16.6. The maximum absolute atomic E-state index is 5.81. The lowest BCUT2D eigenvalue weighted by molar-refractivity contribution is -0.0236. The predicted octanol–water partition coefficient (Wildman–Crippen LogP) is 2.58. The topological polar surface area (TPSA) is 109 Å². The standard InChI is InChI=1S/C26H47NO9/c1-2-3-8-28-9-10-29-11-12-30-13-14-31-15-16-32-17-18-33-19-20-34-21-22-35-23-24-36-26-7-5-4-6-25(26)27/h4-7H,2-3,8-24,27H2,1H3. The van der Waals surface area contributed by atoms with Crippen LogP contribution >= 0.6 is 0 Å². The molecule has 0 bridgehead atoms. The lowest BCUT2D eigenvalue weighted by Gasteiger charge is -2.09. The van der Waals surface area contributed by atoms with Crippen molar-refractivity contribution in [2.45, 2.75) is 19.8 Å². The third-order valence-corrected chi connectivity index (χ3v) is 4.65. The van der Waals surface area contributed by atoms with E-state index >= 15 is 0 Å². The number of hydrogen-bond acceptors (Lipinski definition) is 10. The van der Waals surface area contributed by atoms with Crippen LogP contribution in [0.2, 0.25) is 0 Å². The van der Waals surface area contributed by atoms with Crippen molar-refractivity contribution < 1.29 is 42.6 Å². The van der Waals surface area contributed by atoms with Crippen LogP contribution in [0.15, 0.2) is 24.3 Å². The normalized spacial score (nSPS) is 11.2. The highest BCUT2D eigenvalue weighted by molar-refractivity contribution is 5.51. The smallest absolute Gasteiger partial charge is 0.142 e. The summed E-state index contributed by atoms with van der Waals surface area (Å²) in [6.45, 7) is 11.5. The third kappa shape index (κ3) is 21.8. The summed E-state index contributed by atoms with van der Waals surface area (Å²) in [5.41, 5.74) is 6.43. The van der Waals surface area contributed by atoms with Crippen molar-refractivity contribution in [1.82, 2.24) is 0 Å². The lowest BCUT2D eigenvalue weighted by atomic mass is 10.3. The Morgan fingerprint density at radius 1 is 0.472 bits per heavy atom. The van der Waals surface area contributed by atoms with Crippen molar-refractivity contribution in [3.63, 3.8) is 0 Å². The van der Waals surface area contributed by atoms with Crippen molar-refractivity contribution in [3.05, 3.63) is 24.3 Å². The Bertz CT molecular complexity index is 580. The summed E-state index contributed by atoms with van der Waals surface area (Å²) in [6.07, 6.45) is 2.25. The number of para-hydroxylation sites is 2. The number of ether oxygens (including phenoxy) is 9. The molecule has 0 amide bonds. The number of nitrogen functional groups attached to an aromatic ring is 1. The van der Waals surface area contributed by atoms with Gasteiger partial charge in [-0.1, -0.05) is 25.5 Å². The Labute approximate surface area is 216 Å². The lowest BCUT2D eigenvalue weighted by Crippen LogP contribution is -2.15. The molecule has 0 aliphatic heterocycles. The highest BCUT2D eigenvalue weighted by Crippen LogP contribution is 2.19. The molecule has 1 aromatic carbocycles. The molecule has 0 spiro atoms. The summed E-state index contributed by atoms with van der Waals surface area (Å²) < 4.78 is 49.1. The van der Waals surface area contributed by atoms with E-state index < -0.39 is 0 Å². The van der Waals surface area contributed by atoms with Gasteiger partial charge in [-0.25, -0.2) is 0 Å². The Hall–Kier alpha value is -1.50. The molecule has 0 saturated heterocycles. The second-order valence-corrected chi connectivity index (χ2v) is 7.64. The minimum atomic E-state index is 0.446. The Kier molecular flexibility index (Phi) is 24.0. The van der Waals surface area contributed by atoms with E-state index in [2.05, 4.69) is 6.92 Å². The van der Waals surface area contributed by atoms with E-state index in [0.29, 0.717) is 117 Å². The van der Waals surface area contributed by atoms with Gasteiger partial charge in [0.1, 0.15) is 12.4 Å². The average Bonchev–Trinajstić information content (AvgIpc) is 2.89. The number of hydrogen-bond donors (Lipinski definition) is 1. The summed E-state index contributed by atoms with van der Waals surface area (Å²) in [5.74, 6) is 0.674. The van der Waals surface area contributed by atoms with Gasteiger partial charge >= 0.3 is 0 Å². The van der Waals surface area contributed by atoms with Gasteiger partial charge < -0.3 is 48.4 Å². The predicted molar refractivity (Wildman–Crippen MR) is 138 cm³/mol. The van der Waals surface area contributed by atoms with E-state index in [1.165, 1.54) is 0 Å². The largest absolute Gasteiger partial charge is 0.489 e. The van der Waals surface area contributed by atoms with Crippen LogP contribution in [0, 0.1) is 0 Å². The van der Waals surface area contributed by atoms with E-state index in [1.54, 1.807) is 6.07 Å². The van der Waals surface area contributed by atoms with Crippen LogP contribution in [0.3, 0.4) is 0 Å². The molecule has 0 saturated carbocycles. The van der Waals surface area contributed by atoms with Crippen LogP contribution in [0.5, 0.6) is 5.75 Å². The molecule has 10 nitrogen and oxygen atoms in total. The first-order chi connectivity index (χ1) is 17.8. The number of benzene rings is 1. The maximum Gasteiger partial charge on any atom is 0.142 e. The van der Waals surface area contributed by atoms with Crippen molar-refractivity contribution in [3.8, 4) is 5.75 Å². The molecule has 0 unspecified atom stereocenters. The zero-order valence-electron chi connectivity index (χ0n) is 22.0. The molecule has 10 heteroatoms. The van der Waals surface area contributed by atoms with Gasteiger partial charge in [-0.2, -0.15) is 0 Å². The Morgan fingerprint density at radius 3 is 1.17 bits per heavy atom. The van der Waals surface area contributed by atoms with Crippen molar-refractivity contribution >= 4 is 5.69 Å². The third-order valence-electron chi connectivity index (χ3n) is 4.65. The number of rotatable bonds is 28. The zero-order valence-corrected chi connectivity index (χ0v) is 22.0. The molecule has 210 valence electrons. The molecule has 1 aromatic rings. The van der Waals surface area contributed by atoms with Gasteiger partial charge in [0.05, 0.1) is 105 Å². The molecule has 0 radical (unpaired) electrons. The first-order valence-electron chi connectivity index (χ1n) is 12.9. The van der Waals surface area contributed by atoms with Crippen LogP contribution in [0.4, 0.5) is 5.69 Å². The zero-order chi connectivity index (χ0) is 25.8. The average molecular weight is 518 g/mol. The fraction of sp³-hybridized carbons (Fsp3) is 0.769. The van der Waals surface area contributed by atoms with Gasteiger partial charge in [-0.15, -0.1) is 0 Å². The van der Waals surface area contributed by atoms with Gasteiger partial charge in [0.25, 0.3) is 0 Å². The molecule has 0 aliphatic rings. The molecule has 0 atom stereocenters. The first-order valence-corrected chi connectivity index (χ1v) is 12.9. The van der Waals surface area contributed by atoms with E-state index in [9.17, 15) is 0 Å². The molecule has 0 aromatic heterocycles. The van der Waals surface area contributed by atoms with Gasteiger partial charge in [0, 0.05) is 6.61 Å². The molecular formula is C26H47NO9. The second-order valence-electron chi connectivity index (χ2n) is 7.64. The van der Waals surface area contributed by atoms with E-state index in [0.717, 1.165) is 19.4 Å². The number of anilines is 1. The molecule has 0 fully saturated rings. The van der Waals surface area contributed by atoms with Gasteiger partial charge in [-0.3, -0.25) is 0 Å². The molecule has 0 heterocycles. The highest BCUT2D eigenvalue weighted by Gasteiger charge is 1.98. The fourth-order valence-corrected chi connectivity index (χ4v) is 2.71. The maximum atomic E-state index is 5.81. The van der Waals surface area contributed by atoms with E-state index in [-0.39, 0.29) is 0 Å². The minimum Gasteiger partial charge on any atom is -0.489 e. The van der Waals surface area contributed by atoms with Gasteiger partial charge in [0.2, 0.25) is 0 Å². The van der Waals surface area contributed by atoms with Gasteiger partial charge in [0.15, 0.2) is 0 Å². The fourth-order valence-electron chi connectivity index (χ4n) is 2.71. The van der Waals surface area contributed by atoms with Crippen molar-refractivity contribution in [2.75, 3.05) is 118 Å². The van der Waals surface area contributed by atoms with Gasteiger partial charge in [-0.05, 0) is 18.6 Å². The molecule has 1 rings (SSSR count). The van der Waals surface area contributed by atoms with Crippen molar-refractivity contribution in [1.29, 1.82) is 0 Å². The molecule has 2 N–H and O–H groups in total. The summed E-state index contributed by atoms with van der Waals surface area (Å²) in [4.78, 5) is 0. The van der Waals surface area contributed by atoms with Crippen molar-refractivity contribution in [2.24, 2.45) is 0 Å². The Balaban J connectivity index is 1.66. The van der Waals surface area contributed by atoms with Crippen LogP contribution < -0.4 is 10.5 Å². The first kappa shape index (κ1) is 32.5. The quantitative estimate of drug-likeness (QED) is 0.132. The van der Waals surface area contributed by atoms with Crippen LogP contribution in [0.1, 0.15) is 19.8 Å². The van der Waals surface area contributed by atoms with E-state index in [1.807, 2.05) is 18.2 Å². The van der Waals surface area contributed by atoms with Crippen LogP contribution in [-0.2, 0) is 37.9 Å². The van der Waals surface area contributed by atoms with Crippen LogP contribution in [-0.4, -0.2) is 112 Å². The summed E-state index contributed by atoms with van der Waals surface area (Å²) >= 11 is 0. The molecule has 36 heavy (non-hydrogen) atoms. The Morgan fingerprint density at radius 2 is 0.806 bits per heavy atom. The second kappa shape index (κ2) is 26.6. The minimum absolute atomic E-state index is 0.446. The SMILES string of the molecule is CCCCOCCOCCOCCOCCOCCOCCOCCOCCOc1ccccc1N. The molecule has 0 aliphatic carbocycles.